The third-order valence-corrected chi connectivity index (χ3v) is 4.80. The molecule has 0 saturated carbocycles. The molecule has 2 aliphatic rings. The molecule has 0 radical (unpaired) electrons. The maximum atomic E-state index is 12.6. The number of fused-ring (bicyclic) bond motifs is 1. The molecule has 0 spiro atoms. The Balaban J connectivity index is 1.86. The van der Waals surface area contributed by atoms with Gasteiger partial charge in [-0.05, 0) is 47.0 Å². The van der Waals surface area contributed by atoms with Crippen molar-refractivity contribution in [3.8, 4) is 0 Å². The van der Waals surface area contributed by atoms with Crippen LogP contribution in [0.1, 0.15) is 23.2 Å². The largest absolute Gasteiger partial charge is 0.398 e. The normalized spacial score (nSPS) is 25.2. The lowest BCUT2D eigenvalue weighted by atomic mass is 9.91. The lowest BCUT2D eigenvalue weighted by Crippen LogP contribution is -2.48. The fourth-order valence-electron chi connectivity index (χ4n) is 3.03. The number of halogens is 1. The van der Waals surface area contributed by atoms with Crippen LogP contribution in [-0.4, -0.2) is 35.8 Å². The van der Waals surface area contributed by atoms with Crippen molar-refractivity contribution in [2.75, 3.05) is 18.8 Å². The monoisotopic (exact) mass is 337 g/mol. The number of nitrogen functional groups attached to an aromatic ring is 1. The first-order valence-corrected chi connectivity index (χ1v) is 7.51. The minimum absolute atomic E-state index is 0.0138. The van der Waals surface area contributed by atoms with Gasteiger partial charge in [-0.1, -0.05) is 0 Å². The summed E-state index contributed by atoms with van der Waals surface area (Å²) in [5.74, 6) is -0.00666. The fraction of sp³-hybridized carbons (Fsp3) is 0.429. The number of rotatable bonds is 1. The lowest BCUT2D eigenvalue weighted by Gasteiger charge is -2.36. The van der Waals surface area contributed by atoms with E-state index in [4.69, 9.17) is 5.73 Å². The molecule has 3 rings (SSSR count). The quantitative estimate of drug-likeness (QED) is 0.760. The molecule has 1 aromatic carbocycles. The van der Waals surface area contributed by atoms with Crippen LogP contribution in [0.3, 0.4) is 0 Å². The minimum Gasteiger partial charge on any atom is -0.398 e. The van der Waals surface area contributed by atoms with Crippen LogP contribution in [0.2, 0.25) is 0 Å². The smallest absolute Gasteiger partial charge is 0.254 e. The molecule has 6 heteroatoms. The zero-order chi connectivity index (χ0) is 14.3. The number of anilines is 1. The fourth-order valence-corrected chi connectivity index (χ4v) is 3.41. The summed E-state index contributed by atoms with van der Waals surface area (Å²) in [5, 5.41) is 2.86. The average Bonchev–Trinajstić information content (AvgIpc) is 2.83. The maximum Gasteiger partial charge on any atom is 0.254 e. The van der Waals surface area contributed by atoms with E-state index in [2.05, 4.69) is 21.2 Å². The number of likely N-dealkylation sites (tertiary alicyclic amines) is 1. The van der Waals surface area contributed by atoms with Crippen LogP contribution in [0.15, 0.2) is 22.7 Å². The van der Waals surface area contributed by atoms with Gasteiger partial charge in [0.05, 0.1) is 12.0 Å². The van der Waals surface area contributed by atoms with E-state index in [1.165, 1.54) is 0 Å². The Morgan fingerprint density at radius 2 is 2.25 bits per heavy atom. The summed E-state index contributed by atoms with van der Waals surface area (Å²) < 4.78 is 0.720. The predicted octanol–water partition coefficient (Wildman–Crippen LogP) is 1.38. The molecule has 106 valence electrons. The molecule has 2 aliphatic heterocycles. The van der Waals surface area contributed by atoms with Gasteiger partial charge in [0.15, 0.2) is 0 Å². The molecule has 1 aromatic rings. The second-order valence-corrected chi connectivity index (χ2v) is 6.15. The van der Waals surface area contributed by atoms with E-state index in [0.717, 1.165) is 17.3 Å². The number of hydrogen-bond donors (Lipinski definition) is 2. The van der Waals surface area contributed by atoms with E-state index in [-0.39, 0.29) is 23.8 Å². The molecule has 2 atom stereocenters. The van der Waals surface area contributed by atoms with E-state index in [1.807, 2.05) is 4.90 Å². The molecular weight excluding hydrogens is 322 g/mol. The number of nitrogens with two attached hydrogens (primary N) is 1. The topological polar surface area (TPSA) is 75.4 Å². The highest BCUT2D eigenvalue weighted by Crippen LogP contribution is 2.29. The highest BCUT2D eigenvalue weighted by Gasteiger charge is 2.42. The zero-order valence-corrected chi connectivity index (χ0v) is 12.5. The van der Waals surface area contributed by atoms with Crippen molar-refractivity contribution in [3.05, 3.63) is 28.2 Å². The summed E-state index contributed by atoms with van der Waals surface area (Å²) >= 11 is 3.34. The van der Waals surface area contributed by atoms with Crippen LogP contribution >= 0.6 is 15.9 Å². The molecule has 2 heterocycles. The van der Waals surface area contributed by atoms with Gasteiger partial charge in [-0.2, -0.15) is 0 Å². The van der Waals surface area contributed by atoms with E-state index in [1.54, 1.807) is 18.2 Å². The number of amides is 2. The van der Waals surface area contributed by atoms with Gasteiger partial charge in [0.25, 0.3) is 5.91 Å². The van der Waals surface area contributed by atoms with Crippen molar-refractivity contribution >= 4 is 33.4 Å². The summed E-state index contributed by atoms with van der Waals surface area (Å²) in [7, 11) is 0. The summed E-state index contributed by atoms with van der Waals surface area (Å²) in [6, 6.07) is 5.18. The number of piperidine rings is 1. The molecule has 2 amide bonds. The van der Waals surface area contributed by atoms with Gasteiger partial charge in [0, 0.05) is 28.8 Å². The van der Waals surface area contributed by atoms with Gasteiger partial charge in [0.1, 0.15) is 0 Å². The van der Waals surface area contributed by atoms with E-state index in [0.29, 0.717) is 24.3 Å². The van der Waals surface area contributed by atoms with Crippen LogP contribution in [-0.2, 0) is 4.79 Å². The van der Waals surface area contributed by atoms with Crippen LogP contribution in [0.25, 0.3) is 0 Å². The van der Waals surface area contributed by atoms with Gasteiger partial charge in [-0.15, -0.1) is 0 Å². The summed E-state index contributed by atoms with van der Waals surface area (Å²) in [6.07, 6.45) is 1.74. The van der Waals surface area contributed by atoms with Crippen LogP contribution in [0, 0.1) is 5.92 Å². The molecule has 5 nitrogen and oxygen atoms in total. The van der Waals surface area contributed by atoms with Crippen molar-refractivity contribution < 1.29 is 9.59 Å². The minimum atomic E-state index is -0.0510. The lowest BCUT2D eigenvalue weighted by molar-refractivity contribution is -0.123. The first-order chi connectivity index (χ1) is 9.58. The molecule has 0 aliphatic carbocycles. The van der Waals surface area contributed by atoms with Gasteiger partial charge in [-0.25, -0.2) is 0 Å². The van der Waals surface area contributed by atoms with E-state index < -0.39 is 0 Å². The molecule has 20 heavy (non-hydrogen) atoms. The average molecular weight is 338 g/mol. The first kappa shape index (κ1) is 13.4. The number of hydrogen-bond acceptors (Lipinski definition) is 3. The number of benzene rings is 1. The van der Waals surface area contributed by atoms with Gasteiger partial charge >= 0.3 is 0 Å². The molecule has 2 saturated heterocycles. The molecule has 2 fully saturated rings. The van der Waals surface area contributed by atoms with Gasteiger partial charge in [-0.3, -0.25) is 9.59 Å². The highest BCUT2D eigenvalue weighted by atomic mass is 79.9. The SMILES string of the molecule is Nc1ccc(C(=O)N2CCCC3C(=O)NCC32)cc1Br. The zero-order valence-electron chi connectivity index (χ0n) is 10.9. The van der Waals surface area contributed by atoms with Crippen molar-refractivity contribution in [2.24, 2.45) is 5.92 Å². The first-order valence-electron chi connectivity index (χ1n) is 6.71. The molecule has 0 aromatic heterocycles. The Morgan fingerprint density at radius 3 is 3.00 bits per heavy atom. The Morgan fingerprint density at radius 1 is 1.45 bits per heavy atom. The number of carbonyl (C=O) groups excluding carboxylic acids is 2. The van der Waals surface area contributed by atoms with Crippen LogP contribution in [0.4, 0.5) is 5.69 Å². The second kappa shape index (κ2) is 5.09. The maximum absolute atomic E-state index is 12.6. The van der Waals surface area contributed by atoms with E-state index >= 15 is 0 Å². The van der Waals surface area contributed by atoms with Crippen molar-refractivity contribution in [3.63, 3.8) is 0 Å². The molecular formula is C14H16BrN3O2. The van der Waals surface area contributed by atoms with Gasteiger partial charge in [0.2, 0.25) is 5.91 Å². The Bertz CT molecular complexity index is 576. The third kappa shape index (κ3) is 2.18. The number of nitrogens with zero attached hydrogens (tertiary/aromatic N) is 1. The van der Waals surface area contributed by atoms with Gasteiger partial charge < -0.3 is 16.0 Å². The Kier molecular flexibility index (Phi) is 3.41. The van der Waals surface area contributed by atoms with Crippen LogP contribution in [0.5, 0.6) is 0 Å². The van der Waals surface area contributed by atoms with Crippen molar-refractivity contribution in [1.82, 2.24) is 10.2 Å². The van der Waals surface area contributed by atoms with Crippen molar-refractivity contribution in [2.45, 2.75) is 18.9 Å². The van der Waals surface area contributed by atoms with Crippen LogP contribution < -0.4 is 11.1 Å². The predicted molar refractivity (Wildman–Crippen MR) is 79.1 cm³/mol. The molecule has 2 unspecified atom stereocenters. The summed E-state index contributed by atoms with van der Waals surface area (Å²) in [4.78, 5) is 26.2. The number of nitrogens with one attached hydrogen (secondary N) is 1. The Hall–Kier alpha value is -1.56. The number of carbonyl (C=O) groups is 2. The highest BCUT2D eigenvalue weighted by molar-refractivity contribution is 9.10. The third-order valence-electron chi connectivity index (χ3n) is 4.11. The van der Waals surface area contributed by atoms with E-state index in [9.17, 15) is 9.59 Å². The second-order valence-electron chi connectivity index (χ2n) is 5.30. The summed E-state index contributed by atoms with van der Waals surface area (Å²) in [5.41, 5.74) is 6.95. The Labute approximate surface area is 125 Å². The standard InChI is InChI=1S/C14H16BrN3O2/c15-10-6-8(3-4-11(10)16)14(20)18-5-1-2-9-12(18)7-17-13(9)19/h3-4,6,9,12H,1-2,5,7,16H2,(H,17,19). The molecule has 3 N–H and O–H groups in total. The molecule has 0 bridgehead atoms. The van der Waals surface area contributed by atoms with Crippen molar-refractivity contribution in [1.29, 1.82) is 0 Å². The summed E-state index contributed by atoms with van der Waals surface area (Å²) in [6.45, 7) is 1.27.